The highest BCUT2D eigenvalue weighted by Gasteiger charge is 2.35. The van der Waals surface area contributed by atoms with Crippen molar-refractivity contribution < 1.29 is 30.9 Å². The van der Waals surface area contributed by atoms with Crippen LogP contribution in [0.15, 0.2) is 31.0 Å². The molecule has 1 aliphatic carbocycles. The van der Waals surface area contributed by atoms with Crippen LogP contribution >= 0.6 is 12.3 Å². The third-order valence-corrected chi connectivity index (χ3v) is 7.08. The van der Waals surface area contributed by atoms with Gasteiger partial charge in [0.05, 0.1) is 23.8 Å². The molecule has 11 nitrogen and oxygen atoms in total. The van der Waals surface area contributed by atoms with Gasteiger partial charge in [0.2, 0.25) is 11.8 Å². The first kappa shape index (κ1) is 28.3. The lowest BCUT2D eigenvalue weighted by Gasteiger charge is -2.13. The molecule has 5 aromatic heterocycles. The normalized spacial score (nSPS) is 13.3. The van der Waals surface area contributed by atoms with E-state index in [1.165, 1.54) is 32.9 Å². The molecule has 1 aliphatic rings. The molecule has 1 saturated carbocycles. The van der Waals surface area contributed by atoms with E-state index in [4.69, 9.17) is 9.47 Å². The molecule has 0 atom stereocenters. The van der Waals surface area contributed by atoms with Gasteiger partial charge in [-0.05, 0) is 18.9 Å². The molecule has 43 heavy (non-hydrogen) atoms. The molecule has 0 bridgehead atoms. The number of imidazole rings is 1. The average Bonchev–Trinajstić information content (AvgIpc) is 3.66. The lowest BCUT2D eigenvalue weighted by atomic mass is 10.1. The van der Waals surface area contributed by atoms with Gasteiger partial charge in [-0.1, -0.05) is 0 Å². The lowest BCUT2D eigenvalue weighted by Crippen LogP contribution is -2.06. The van der Waals surface area contributed by atoms with E-state index in [1.54, 1.807) is 0 Å². The minimum Gasteiger partial charge on any atom is -0.480 e. The molecule has 0 saturated heterocycles. The van der Waals surface area contributed by atoms with Crippen LogP contribution in [0.1, 0.15) is 41.3 Å². The van der Waals surface area contributed by atoms with Crippen molar-refractivity contribution in [3.8, 4) is 40.7 Å². The van der Waals surface area contributed by atoms with E-state index in [-0.39, 0.29) is 76.1 Å². The Morgan fingerprint density at radius 2 is 1.91 bits per heavy atom. The largest absolute Gasteiger partial charge is 0.480 e. The van der Waals surface area contributed by atoms with Gasteiger partial charge in [-0.2, -0.15) is 23.4 Å². The number of nitrogens with zero attached hydrogens (tertiary/aromatic N) is 9. The Labute approximate surface area is 243 Å². The number of fused-ring (bicyclic) bond motifs is 1. The lowest BCUT2D eigenvalue weighted by molar-refractivity contribution is -0.140. The number of aromatic nitrogens is 8. The second-order valence-corrected chi connectivity index (χ2v) is 10.1. The molecule has 0 amide bonds. The quantitative estimate of drug-likeness (QED) is 0.205. The summed E-state index contributed by atoms with van der Waals surface area (Å²) >= 11 is -0.181. The number of alkyl halides is 3. The van der Waals surface area contributed by atoms with Crippen LogP contribution in [-0.4, -0.2) is 45.6 Å². The number of hydrogen-bond donors (Lipinski definition) is 0. The summed E-state index contributed by atoms with van der Waals surface area (Å²) in [5.74, 6) is -0.969. The van der Waals surface area contributed by atoms with Gasteiger partial charge in [0.15, 0.2) is 41.1 Å². The molecule has 0 aromatic carbocycles. The second-order valence-electron chi connectivity index (χ2n) is 9.54. The van der Waals surface area contributed by atoms with Gasteiger partial charge in [-0.25, -0.2) is 33.3 Å². The molecule has 1 fully saturated rings. The maximum Gasteiger partial charge on any atom is 0.434 e. The zero-order valence-electron chi connectivity index (χ0n) is 22.2. The summed E-state index contributed by atoms with van der Waals surface area (Å²) in [5.41, 5.74) is -0.285. The van der Waals surface area contributed by atoms with Crippen molar-refractivity contribution in [3.05, 3.63) is 59.3 Å². The van der Waals surface area contributed by atoms with E-state index in [9.17, 15) is 22.3 Å². The van der Waals surface area contributed by atoms with Crippen molar-refractivity contribution in [2.75, 3.05) is 7.11 Å². The molecule has 0 aliphatic heterocycles. The number of nitriles is 1. The van der Waals surface area contributed by atoms with Gasteiger partial charge in [0.25, 0.3) is 0 Å². The standard InChI is InChI=1S/C26H18F5N9O2S/c1-39-9-16(26(28,29)30)36-23(39)20-15(27)5-12(7-33-20)10-42-25-17-14(6-32)8-40(43-31)22(17)37-21(38-25)18-19(13-3-4-13)34-11-35-24(18)41-2/h5,7-9,11,13H,3-4,10H2,1-2H3. The first-order valence-electron chi connectivity index (χ1n) is 12.5. The van der Waals surface area contributed by atoms with Crippen molar-refractivity contribution in [1.82, 2.24) is 38.4 Å². The molecule has 0 N–H and O–H groups in total. The van der Waals surface area contributed by atoms with Crippen LogP contribution in [0.2, 0.25) is 0 Å². The Bertz CT molecular complexity index is 1910. The predicted molar refractivity (Wildman–Crippen MR) is 142 cm³/mol. The molecular formula is C26H18F5N9O2S. The number of rotatable bonds is 8. The molecule has 6 rings (SSSR count). The SMILES string of the molecule is COc1ncnc(C2CC2)c1-c1nc(OCc2cnc(-c3nc(C(F)(F)F)cn3C)c(F)c2)c2c(C#N)cn(SF)c2n1. The Morgan fingerprint density at radius 3 is 2.53 bits per heavy atom. The summed E-state index contributed by atoms with van der Waals surface area (Å²) in [5, 5.41) is 9.82. The van der Waals surface area contributed by atoms with Crippen LogP contribution in [-0.2, 0) is 19.8 Å². The summed E-state index contributed by atoms with van der Waals surface area (Å²) in [6.07, 6.45) is 1.61. The monoisotopic (exact) mass is 615 g/mol. The fourth-order valence-corrected chi connectivity index (χ4v) is 4.87. The fourth-order valence-electron chi connectivity index (χ4n) is 4.53. The molecule has 0 spiro atoms. The van der Waals surface area contributed by atoms with E-state index in [2.05, 4.69) is 29.9 Å². The van der Waals surface area contributed by atoms with Crippen molar-refractivity contribution >= 4 is 23.4 Å². The number of pyridine rings is 1. The van der Waals surface area contributed by atoms with Crippen molar-refractivity contribution in [2.45, 2.75) is 31.5 Å². The van der Waals surface area contributed by atoms with Crippen molar-refractivity contribution in [2.24, 2.45) is 7.05 Å². The van der Waals surface area contributed by atoms with Crippen LogP contribution in [0.3, 0.4) is 0 Å². The number of ether oxygens (including phenoxy) is 2. The molecule has 5 heterocycles. The van der Waals surface area contributed by atoms with Gasteiger partial charge in [0, 0.05) is 37.1 Å². The van der Waals surface area contributed by atoms with Crippen LogP contribution in [0.25, 0.3) is 33.9 Å². The minimum absolute atomic E-state index is 0.0234. The van der Waals surface area contributed by atoms with Gasteiger partial charge < -0.3 is 14.0 Å². The third-order valence-electron chi connectivity index (χ3n) is 6.65. The summed E-state index contributed by atoms with van der Waals surface area (Å²) in [4.78, 5) is 25.0. The summed E-state index contributed by atoms with van der Waals surface area (Å²) in [6, 6.07) is 3.00. The van der Waals surface area contributed by atoms with Crippen LogP contribution in [0.4, 0.5) is 21.4 Å². The second kappa shape index (κ2) is 10.8. The smallest absolute Gasteiger partial charge is 0.434 e. The summed E-state index contributed by atoms with van der Waals surface area (Å²) < 4.78 is 81.6. The van der Waals surface area contributed by atoms with Gasteiger partial charge in [-0.15, -0.1) is 3.89 Å². The van der Waals surface area contributed by atoms with Crippen LogP contribution < -0.4 is 9.47 Å². The number of methoxy groups -OCH3 is 1. The number of aryl methyl sites for hydroxylation is 1. The zero-order valence-corrected chi connectivity index (χ0v) is 23.0. The molecule has 220 valence electrons. The number of hydrogen-bond acceptors (Lipinski definition) is 10. The van der Waals surface area contributed by atoms with E-state index in [0.717, 1.165) is 33.6 Å². The maximum atomic E-state index is 15.1. The van der Waals surface area contributed by atoms with Gasteiger partial charge in [-0.3, -0.25) is 0 Å². The zero-order chi connectivity index (χ0) is 30.5. The van der Waals surface area contributed by atoms with E-state index in [0.29, 0.717) is 11.3 Å². The Hall–Kier alpha value is -4.85. The van der Waals surface area contributed by atoms with Gasteiger partial charge in [0.1, 0.15) is 30.3 Å². The van der Waals surface area contributed by atoms with Crippen LogP contribution in [0.5, 0.6) is 11.8 Å². The van der Waals surface area contributed by atoms with E-state index in [1.807, 2.05) is 6.07 Å². The number of halogens is 5. The highest BCUT2D eigenvalue weighted by atomic mass is 32.2. The Balaban J connectivity index is 1.39. The van der Waals surface area contributed by atoms with Crippen LogP contribution in [0, 0.1) is 17.1 Å². The molecule has 0 radical (unpaired) electrons. The first-order valence-corrected chi connectivity index (χ1v) is 13.2. The van der Waals surface area contributed by atoms with E-state index >= 15 is 4.39 Å². The topological polar surface area (TPSA) is 129 Å². The Morgan fingerprint density at radius 1 is 1.12 bits per heavy atom. The molecular weight excluding hydrogens is 597 g/mol. The predicted octanol–water partition coefficient (Wildman–Crippen LogP) is 5.56. The fraction of sp³-hybridized carbons (Fsp3) is 0.269. The van der Waals surface area contributed by atoms with E-state index < -0.39 is 17.7 Å². The minimum atomic E-state index is -4.71. The van der Waals surface area contributed by atoms with Crippen molar-refractivity contribution in [3.63, 3.8) is 0 Å². The maximum absolute atomic E-state index is 15.1. The summed E-state index contributed by atoms with van der Waals surface area (Å²) in [7, 11) is 2.72. The molecule has 0 unspecified atom stereocenters. The highest BCUT2D eigenvalue weighted by molar-refractivity contribution is 7.92. The Kier molecular flexibility index (Phi) is 7.08. The molecule has 17 heteroatoms. The van der Waals surface area contributed by atoms with Gasteiger partial charge >= 0.3 is 6.18 Å². The highest BCUT2D eigenvalue weighted by Crippen LogP contribution is 2.45. The molecule has 5 aromatic rings. The average molecular weight is 616 g/mol. The van der Waals surface area contributed by atoms with Crippen molar-refractivity contribution in [1.29, 1.82) is 5.26 Å². The summed E-state index contributed by atoms with van der Waals surface area (Å²) in [6.45, 7) is -0.319. The third kappa shape index (κ3) is 5.18. The first-order chi connectivity index (χ1) is 20.6.